The summed E-state index contributed by atoms with van der Waals surface area (Å²) in [7, 11) is 0. The third kappa shape index (κ3) is 3.99. The molecule has 1 atom stereocenters. The molecule has 1 aromatic carbocycles. The highest BCUT2D eigenvalue weighted by Crippen LogP contribution is 2.18. The molecule has 0 bridgehead atoms. The molecule has 3 nitrogen and oxygen atoms in total. The second-order valence-electron chi connectivity index (χ2n) is 6.18. The van der Waals surface area contributed by atoms with Crippen molar-refractivity contribution in [3.05, 3.63) is 35.4 Å². The molecular formula is C17H27N3. The number of guanidine groups is 1. The third-order valence-corrected chi connectivity index (χ3v) is 4.28. The van der Waals surface area contributed by atoms with E-state index in [4.69, 9.17) is 5.73 Å². The number of hydrogen-bond donors (Lipinski definition) is 1. The Balaban J connectivity index is 1.89. The Kier molecular flexibility index (Phi) is 5.05. The standard InChI is InChI=1S/C17H27N3/c1-13-4-6-16(7-5-13)15(3)12-19-17(18)20-10-8-14(2)9-11-20/h4-7,14-15H,8-12H2,1-3H3,(H2,18,19). The van der Waals surface area contributed by atoms with Crippen LogP contribution in [-0.2, 0) is 0 Å². The average molecular weight is 273 g/mol. The smallest absolute Gasteiger partial charge is 0.191 e. The van der Waals surface area contributed by atoms with E-state index in [1.807, 2.05) is 0 Å². The first-order valence-electron chi connectivity index (χ1n) is 7.67. The second kappa shape index (κ2) is 6.78. The Labute approximate surface area is 122 Å². The fourth-order valence-corrected chi connectivity index (χ4v) is 2.57. The van der Waals surface area contributed by atoms with Crippen LogP contribution in [0.1, 0.15) is 43.7 Å². The molecule has 1 heterocycles. The van der Waals surface area contributed by atoms with Gasteiger partial charge in [0, 0.05) is 25.6 Å². The van der Waals surface area contributed by atoms with Crippen LogP contribution in [0.4, 0.5) is 0 Å². The summed E-state index contributed by atoms with van der Waals surface area (Å²) in [5, 5.41) is 0. The SMILES string of the molecule is Cc1ccc(C(C)CN=C(N)N2CCC(C)CC2)cc1. The maximum absolute atomic E-state index is 6.12. The van der Waals surface area contributed by atoms with Crippen molar-refractivity contribution >= 4 is 5.96 Å². The van der Waals surface area contributed by atoms with Crippen LogP contribution in [0.5, 0.6) is 0 Å². The van der Waals surface area contributed by atoms with Crippen LogP contribution in [-0.4, -0.2) is 30.5 Å². The van der Waals surface area contributed by atoms with Crippen molar-refractivity contribution in [3.63, 3.8) is 0 Å². The number of aliphatic imine (C=N–C) groups is 1. The molecule has 0 radical (unpaired) electrons. The van der Waals surface area contributed by atoms with Gasteiger partial charge in [-0.25, -0.2) is 0 Å². The molecular weight excluding hydrogens is 246 g/mol. The first-order chi connectivity index (χ1) is 9.56. The van der Waals surface area contributed by atoms with Gasteiger partial charge in [-0.05, 0) is 31.2 Å². The quantitative estimate of drug-likeness (QED) is 0.679. The Morgan fingerprint density at radius 2 is 1.90 bits per heavy atom. The lowest BCUT2D eigenvalue weighted by Gasteiger charge is -2.31. The van der Waals surface area contributed by atoms with E-state index >= 15 is 0 Å². The molecule has 2 rings (SSSR count). The molecule has 1 unspecified atom stereocenters. The Morgan fingerprint density at radius 3 is 2.50 bits per heavy atom. The van der Waals surface area contributed by atoms with E-state index in [9.17, 15) is 0 Å². The Bertz CT molecular complexity index is 442. The minimum atomic E-state index is 0.415. The second-order valence-corrected chi connectivity index (χ2v) is 6.18. The first-order valence-corrected chi connectivity index (χ1v) is 7.67. The lowest BCUT2D eigenvalue weighted by Crippen LogP contribution is -2.42. The van der Waals surface area contributed by atoms with Crippen LogP contribution in [0.15, 0.2) is 29.3 Å². The van der Waals surface area contributed by atoms with E-state index in [-0.39, 0.29) is 0 Å². The number of likely N-dealkylation sites (tertiary alicyclic amines) is 1. The number of aryl methyl sites for hydroxylation is 1. The molecule has 3 heteroatoms. The third-order valence-electron chi connectivity index (χ3n) is 4.28. The largest absolute Gasteiger partial charge is 0.370 e. The van der Waals surface area contributed by atoms with Crippen LogP contribution in [0.3, 0.4) is 0 Å². The zero-order valence-corrected chi connectivity index (χ0v) is 13.0. The summed E-state index contributed by atoms with van der Waals surface area (Å²) in [5.41, 5.74) is 8.75. The van der Waals surface area contributed by atoms with Gasteiger partial charge < -0.3 is 10.6 Å². The van der Waals surface area contributed by atoms with Gasteiger partial charge in [0.1, 0.15) is 0 Å². The van der Waals surface area contributed by atoms with Crippen LogP contribution in [0.25, 0.3) is 0 Å². The summed E-state index contributed by atoms with van der Waals surface area (Å²) in [6.45, 7) is 9.50. The predicted molar refractivity (Wildman–Crippen MR) is 86.1 cm³/mol. The number of hydrogen-bond acceptors (Lipinski definition) is 1. The van der Waals surface area contributed by atoms with Gasteiger partial charge in [-0.1, -0.05) is 43.7 Å². The normalized spacial score (nSPS) is 19.1. The van der Waals surface area contributed by atoms with Gasteiger partial charge >= 0.3 is 0 Å². The van der Waals surface area contributed by atoms with Crippen LogP contribution in [0, 0.1) is 12.8 Å². The average Bonchev–Trinajstić information content (AvgIpc) is 2.46. The van der Waals surface area contributed by atoms with Crippen molar-refractivity contribution < 1.29 is 0 Å². The van der Waals surface area contributed by atoms with Crippen LogP contribution in [0.2, 0.25) is 0 Å². The number of benzene rings is 1. The van der Waals surface area contributed by atoms with Crippen molar-refractivity contribution in [1.82, 2.24) is 4.90 Å². The molecule has 1 aromatic rings. The zero-order valence-electron chi connectivity index (χ0n) is 13.0. The summed E-state index contributed by atoms with van der Waals surface area (Å²) >= 11 is 0. The fraction of sp³-hybridized carbons (Fsp3) is 0.588. The van der Waals surface area contributed by atoms with Crippen molar-refractivity contribution in [1.29, 1.82) is 0 Å². The van der Waals surface area contributed by atoms with Gasteiger partial charge in [0.25, 0.3) is 0 Å². The topological polar surface area (TPSA) is 41.6 Å². The minimum absolute atomic E-state index is 0.415. The van der Waals surface area contributed by atoms with Crippen LogP contribution < -0.4 is 5.73 Å². The summed E-state index contributed by atoms with van der Waals surface area (Å²) < 4.78 is 0. The lowest BCUT2D eigenvalue weighted by atomic mass is 9.99. The van der Waals surface area contributed by atoms with Crippen LogP contribution >= 0.6 is 0 Å². The number of piperidine rings is 1. The van der Waals surface area contributed by atoms with Gasteiger partial charge in [0.2, 0.25) is 0 Å². The molecule has 0 aliphatic carbocycles. The highest BCUT2D eigenvalue weighted by Gasteiger charge is 2.17. The minimum Gasteiger partial charge on any atom is -0.370 e. The molecule has 1 aliphatic heterocycles. The van der Waals surface area contributed by atoms with Crippen molar-refractivity contribution in [2.75, 3.05) is 19.6 Å². The summed E-state index contributed by atoms with van der Waals surface area (Å²) in [5.74, 6) is 1.96. The number of nitrogens with two attached hydrogens (primary N) is 1. The first kappa shape index (κ1) is 14.9. The molecule has 0 spiro atoms. The van der Waals surface area contributed by atoms with Crippen molar-refractivity contribution in [3.8, 4) is 0 Å². The molecule has 1 aliphatic rings. The van der Waals surface area contributed by atoms with E-state index < -0.39 is 0 Å². The zero-order chi connectivity index (χ0) is 14.5. The van der Waals surface area contributed by atoms with Gasteiger partial charge in [0.15, 0.2) is 5.96 Å². The predicted octanol–water partition coefficient (Wildman–Crippen LogP) is 3.15. The van der Waals surface area contributed by atoms with E-state index in [1.54, 1.807) is 0 Å². The fourth-order valence-electron chi connectivity index (χ4n) is 2.57. The monoisotopic (exact) mass is 273 g/mol. The van der Waals surface area contributed by atoms with Gasteiger partial charge in [-0.15, -0.1) is 0 Å². The highest BCUT2D eigenvalue weighted by molar-refractivity contribution is 5.78. The highest BCUT2D eigenvalue weighted by atomic mass is 15.3. The lowest BCUT2D eigenvalue weighted by molar-refractivity contribution is 0.277. The number of nitrogens with zero attached hydrogens (tertiary/aromatic N) is 2. The van der Waals surface area contributed by atoms with Crippen molar-refractivity contribution in [2.45, 2.75) is 39.5 Å². The maximum atomic E-state index is 6.12. The molecule has 0 amide bonds. The van der Waals surface area contributed by atoms with E-state index in [2.05, 4.69) is 54.9 Å². The molecule has 1 saturated heterocycles. The summed E-state index contributed by atoms with van der Waals surface area (Å²) in [4.78, 5) is 6.82. The Hall–Kier alpha value is -1.51. The maximum Gasteiger partial charge on any atom is 0.191 e. The molecule has 0 aromatic heterocycles. The van der Waals surface area contributed by atoms with E-state index in [0.29, 0.717) is 5.92 Å². The summed E-state index contributed by atoms with van der Waals surface area (Å²) in [6, 6.07) is 8.69. The molecule has 1 fully saturated rings. The molecule has 20 heavy (non-hydrogen) atoms. The van der Waals surface area contributed by atoms with E-state index in [0.717, 1.165) is 31.5 Å². The Morgan fingerprint density at radius 1 is 1.30 bits per heavy atom. The molecule has 2 N–H and O–H groups in total. The summed E-state index contributed by atoms with van der Waals surface area (Å²) in [6.07, 6.45) is 2.45. The van der Waals surface area contributed by atoms with E-state index in [1.165, 1.54) is 24.0 Å². The van der Waals surface area contributed by atoms with Gasteiger partial charge in [0.05, 0.1) is 0 Å². The van der Waals surface area contributed by atoms with Crippen molar-refractivity contribution in [2.24, 2.45) is 16.6 Å². The van der Waals surface area contributed by atoms with Gasteiger partial charge in [-0.2, -0.15) is 0 Å². The molecule has 110 valence electrons. The molecule has 0 saturated carbocycles. The number of rotatable bonds is 3. The van der Waals surface area contributed by atoms with Gasteiger partial charge in [-0.3, -0.25) is 4.99 Å².